The molecule has 0 aliphatic rings. The summed E-state index contributed by atoms with van der Waals surface area (Å²) in [6.07, 6.45) is 2.52. The maximum absolute atomic E-state index is 12.2. The molecule has 0 aliphatic heterocycles. The van der Waals surface area contributed by atoms with Crippen molar-refractivity contribution in [2.45, 2.75) is 45.6 Å². The molecule has 174 valence electrons. The van der Waals surface area contributed by atoms with Gasteiger partial charge in [0, 0.05) is 30.5 Å². The number of carbonyl (C=O) groups is 2. The summed E-state index contributed by atoms with van der Waals surface area (Å²) in [5, 5.41) is 3.57. The Labute approximate surface area is 196 Å². The Morgan fingerprint density at radius 1 is 1.09 bits per heavy atom. The van der Waals surface area contributed by atoms with Crippen LogP contribution < -0.4 is 15.7 Å². The van der Waals surface area contributed by atoms with Gasteiger partial charge in [0.05, 0.1) is 5.02 Å². The number of halogens is 1. The minimum absolute atomic E-state index is 0.0633. The van der Waals surface area contributed by atoms with Crippen LogP contribution in [0.4, 0.5) is 4.79 Å². The molecule has 0 atom stereocenters. The van der Waals surface area contributed by atoms with Crippen molar-refractivity contribution in [1.82, 2.24) is 5.32 Å². The third-order valence-electron chi connectivity index (χ3n) is 4.95. The molecule has 33 heavy (non-hydrogen) atoms. The number of ether oxygens (including phenoxy) is 2. The Bertz CT molecular complexity index is 1160. The van der Waals surface area contributed by atoms with Crippen LogP contribution in [0.5, 0.6) is 5.75 Å². The van der Waals surface area contributed by atoms with E-state index in [1.165, 1.54) is 12.1 Å². The zero-order valence-corrected chi connectivity index (χ0v) is 19.2. The van der Waals surface area contributed by atoms with E-state index in [4.69, 9.17) is 25.5 Å². The van der Waals surface area contributed by atoms with Gasteiger partial charge in [0.1, 0.15) is 12.2 Å². The molecular formula is C25H26ClNO6. The highest BCUT2D eigenvalue weighted by Crippen LogP contribution is 2.32. The Hall–Kier alpha value is -3.32. The quantitative estimate of drug-likeness (QED) is 0.184. The number of amides is 1. The van der Waals surface area contributed by atoms with Crippen LogP contribution in [0.3, 0.4) is 0 Å². The fraction of sp³-hybridized carbons (Fsp3) is 0.320. The van der Waals surface area contributed by atoms with Gasteiger partial charge in [-0.2, -0.15) is 0 Å². The number of fused-ring (bicyclic) bond motifs is 1. The minimum atomic E-state index is -0.557. The number of rotatable bonds is 10. The van der Waals surface area contributed by atoms with E-state index in [1.54, 1.807) is 6.07 Å². The first kappa shape index (κ1) is 24.3. The second-order valence-electron chi connectivity index (χ2n) is 7.54. The molecule has 1 heterocycles. The first-order valence-electron chi connectivity index (χ1n) is 10.9. The molecule has 0 fully saturated rings. The molecule has 0 spiro atoms. The molecule has 0 unspecified atom stereocenters. The summed E-state index contributed by atoms with van der Waals surface area (Å²) in [7, 11) is 0. The number of carbonyl (C=O) groups excluding carboxylic acids is 2. The number of benzene rings is 2. The Morgan fingerprint density at radius 3 is 2.64 bits per heavy atom. The minimum Gasteiger partial charge on any atom is -0.445 e. The van der Waals surface area contributed by atoms with E-state index >= 15 is 0 Å². The summed E-state index contributed by atoms with van der Waals surface area (Å²) >= 11 is 6.31. The van der Waals surface area contributed by atoms with Crippen molar-refractivity contribution < 1.29 is 23.5 Å². The van der Waals surface area contributed by atoms with Gasteiger partial charge in [-0.15, -0.1) is 0 Å². The van der Waals surface area contributed by atoms with Crippen molar-refractivity contribution >= 4 is 34.6 Å². The summed E-state index contributed by atoms with van der Waals surface area (Å²) in [5.41, 5.74) is 1.60. The van der Waals surface area contributed by atoms with Crippen molar-refractivity contribution in [2.24, 2.45) is 0 Å². The molecular weight excluding hydrogens is 446 g/mol. The van der Waals surface area contributed by atoms with Gasteiger partial charge in [-0.3, -0.25) is 4.79 Å². The van der Waals surface area contributed by atoms with Crippen LogP contribution in [-0.4, -0.2) is 18.6 Å². The molecule has 1 aromatic heterocycles. The van der Waals surface area contributed by atoms with E-state index in [-0.39, 0.29) is 30.3 Å². The van der Waals surface area contributed by atoms with Crippen LogP contribution in [0, 0.1) is 0 Å². The normalized spacial score (nSPS) is 10.7. The van der Waals surface area contributed by atoms with Crippen LogP contribution >= 0.6 is 11.6 Å². The number of aryl methyl sites for hydroxylation is 1. The van der Waals surface area contributed by atoms with Gasteiger partial charge in [0.2, 0.25) is 0 Å². The third-order valence-corrected chi connectivity index (χ3v) is 5.24. The van der Waals surface area contributed by atoms with Crippen LogP contribution in [0.2, 0.25) is 5.02 Å². The largest absolute Gasteiger partial charge is 0.445 e. The maximum atomic E-state index is 12.2. The number of nitrogens with one attached hydrogen (secondary N) is 1. The number of alkyl carbamates (subject to hydrolysis) is 1. The monoisotopic (exact) mass is 471 g/mol. The van der Waals surface area contributed by atoms with Gasteiger partial charge in [-0.1, -0.05) is 55.3 Å². The van der Waals surface area contributed by atoms with Crippen LogP contribution in [-0.2, 0) is 22.6 Å². The number of esters is 1. The van der Waals surface area contributed by atoms with Crippen molar-refractivity contribution in [3.05, 3.63) is 75.1 Å². The summed E-state index contributed by atoms with van der Waals surface area (Å²) in [5.74, 6) is -0.389. The molecule has 2 aromatic carbocycles. The van der Waals surface area contributed by atoms with Crippen molar-refractivity contribution in [3.63, 3.8) is 0 Å². The van der Waals surface area contributed by atoms with Gasteiger partial charge < -0.3 is 19.2 Å². The second kappa shape index (κ2) is 12.1. The zero-order valence-electron chi connectivity index (χ0n) is 18.4. The molecule has 7 nitrogen and oxygen atoms in total. The van der Waals surface area contributed by atoms with E-state index < -0.39 is 17.7 Å². The van der Waals surface area contributed by atoms with Gasteiger partial charge >= 0.3 is 17.7 Å². The van der Waals surface area contributed by atoms with Crippen molar-refractivity contribution in [2.75, 3.05) is 6.54 Å². The van der Waals surface area contributed by atoms with Crippen molar-refractivity contribution in [3.8, 4) is 5.75 Å². The first-order valence-corrected chi connectivity index (χ1v) is 11.3. The van der Waals surface area contributed by atoms with E-state index in [0.29, 0.717) is 12.0 Å². The molecule has 0 aliphatic carbocycles. The van der Waals surface area contributed by atoms with Crippen molar-refractivity contribution in [1.29, 1.82) is 0 Å². The molecule has 1 N–H and O–H groups in total. The van der Waals surface area contributed by atoms with Crippen LogP contribution in [0.1, 0.15) is 43.7 Å². The Kier molecular flexibility index (Phi) is 8.89. The fourth-order valence-electron chi connectivity index (χ4n) is 3.25. The van der Waals surface area contributed by atoms with Gasteiger partial charge in [0.15, 0.2) is 5.75 Å². The van der Waals surface area contributed by atoms with Gasteiger partial charge in [0.25, 0.3) is 0 Å². The lowest BCUT2D eigenvalue weighted by atomic mass is 10.0. The summed E-state index contributed by atoms with van der Waals surface area (Å²) in [6, 6.07) is 13.9. The highest BCUT2D eigenvalue weighted by molar-refractivity contribution is 6.33. The molecule has 1 amide bonds. The third kappa shape index (κ3) is 7.36. The average molecular weight is 472 g/mol. The smallest absolute Gasteiger partial charge is 0.407 e. The molecule has 0 radical (unpaired) electrons. The van der Waals surface area contributed by atoms with E-state index in [9.17, 15) is 14.4 Å². The first-order chi connectivity index (χ1) is 16.0. The summed E-state index contributed by atoms with van der Waals surface area (Å²) < 4.78 is 15.7. The topological polar surface area (TPSA) is 94.8 Å². The Morgan fingerprint density at radius 2 is 1.88 bits per heavy atom. The molecule has 0 saturated heterocycles. The number of hydrogen-bond acceptors (Lipinski definition) is 6. The lowest BCUT2D eigenvalue weighted by molar-refractivity contribution is -0.134. The highest BCUT2D eigenvalue weighted by atomic mass is 35.5. The maximum Gasteiger partial charge on any atom is 0.407 e. The highest BCUT2D eigenvalue weighted by Gasteiger charge is 2.14. The van der Waals surface area contributed by atoms with Crippen LogP contribution in [0.15, 0.2) is 57.7 Å². The van der Waals surface area contributed by atoms with Gasteiger partial charge in [-0.25, -0.2) is 9.59 Å². The number of hydrogen-bond donors (Lipinski definition) is 1. The molecule has 3 aromatic rings. The summed E-state index contributed by atoms with van der Waals surface area (Å²) in [4.78, 5) is 35.8. The predicted molar refractivity (Wildman–Crippen MR) is 126 cm³/mol. The lowest BCUT2D eigenvalue weighted by Gasteiger charge is -2.10. The van der Waals surface area contributed by atoms with E-state index in [2.05, 4.69) is 12.2 Å². The number of unbranched alkanes of at least 4 members (excludes halogenated alkanes) is 1. The van der Waals surface area contributed by atoms with E-state index in [1.807, 2.05) is 30.3 Å². The molecule has 0 saturated carbocycles. The van der Waals surface area contributed by atoms with Gasteiger partial charge in [-0.05, 0) is 36.5 Å². The lowest BCUT2D eigenvalue weighted by Crippen LogP contribution is -2.26. The second-order valence-corrected chi connectivity index (χ2v) is 7.95. The standard InChI is InChI=1S/C25H26ClNO6/c1-2-3-10-18-13-24(29)32-21-15-22(20(26)14-19(18)21)33-23(28)11-7-12-27-25(30)31-16-17-8-5-4-6-9-17/h4-6,8-9,13-15H,2-3,7,10-12,16H2,1H3,(H,27,30). The van der Waals surface area contributed by atoms with E-state index in [0.717, 1.165) is 35.8 Å². The fourth-order valence-corrected chi connectivity index (χ4v) is 3.45. The molecule has 0 bridgehead atoms. The predicted octanol–water partition coefficient (Wildman–Crippen LogP) is 5.40. The Balaban J connectivity index is 1.49. The molecule has 3 rings (SSSR count). The average Bonchev–Trinajstić information content (AvgIpc) is 2.80. The SMILES string of the molecule is CCCCc1cc(=O)oc2cc(OC(=O)CCCNC(=O)OCc3ccccc3)c(Cl)cc12. The molecule has 8 heteroatoms. The summed E-state index contributed by atoms with van der Waals surface area (Å²) in [6.45, 7) is 2.50. The van der Waals surface area contributed by atoms with Crippen LogP contribution in [0.25, 0.3) is 11.0 Å². The zero-order chi connectivity index (χ0) is 23.6.